The van der Waals surface area contributed by atoms with Crippen molar-refractivity contribution in [3.05, 3.63) is 35.4 Å². The SMILES string of the molecule is COCCN(C)C(CN)c1cccc(C(F)(F)F)c1. The molecule has 0 fully saturated rings. The Morgan fingerprint density at radius 2 is 2.05 bits per heavy atom. The van der Waals surface area contributed by atoms with E-state index in [9.17, 15) is 13.2 Å². The number of likely N-dealkylation sites (N-methyl/N-ethyl adjacent to an activating group) is 1. The molecule has 1 unspecified atom stereocenters. The summed E-state index contributed by atoms with van der Waals surface area (Å²) < 4.78 is 43.0. The summed E-state index contributed by atoms with van der Waals surface area (Å²) in [6, 6.07) is 5.03. The van der Waals surface area contributed by atoms with Crippen molar-refractivity contribution in [1.29, 1.82) is 0 Å². The van der Waals surface area contributed by atoms with E-state index in [1.165, 1.54) is 6.07 Å². The Balaban J connectivity index is 2.92. The first kappa shape index (κ1) is 15.9. The van der Waals surface area contributed by atoms with E-state index in [0.717, 1.165) is 12.1 Å². The normalized spacial score (nSPS) is 13.8. The Kier molecular flexibility index (Phi) is 5.78. The first-order chi connectivity index (χ1) is 8.90. The van der Waals surface area contributed by atoms with Crippen LogP contribution < -0.4 is 5.73 Å². The minimum Gasteiger partial charge on any atom is -0.383 e. The zero-order valence-electron chi connectivity index (χ0n) is 11.1. The number of hydrogen-bond donors (Lipinski definition) is 1. The zero-order chi connectivity index (χ0) is 14.5. The Bertz CT molecular complexity index is 396. The van der Waals surface area contributed by atoms with Gasteiger partial charge in [0.1, 0.15) is 0 Å². The third-order valence-electron chi connectivity index (χ3n) is 3.00. The van der Waals surface area contributed by atoms with E-state index in [0.29, 0.717) is 18.7 Å². The highest BCUT2D eigenvalue weighted by Gasteiger charge is 2.31. The van der Waals surface area contributed by atoms with Gasteiger partial charge >= 0.3 is 6.18 Å². The summed E-state index contributed by atoms with van der Waals surface area (Å²) in [5.74, 6) is 0. The quantitative estimate of drug-likeness (QED) is 0.866. The van der Waals surface area contributed by atoms with Crippen LogP contribution >= 0.6 is 0 Å². The summed E-state index contributed by atoms with van der Waals surface area (Å²) in [5.41, 5.74) is 5.59. The fourth-order valence-electron chi connectivity index (χ4n) is 1.88. The van der Waals surface area contributed by atoms with E-state index in [4.69, 9.17) is 10.5 Å². The van der Waals surface area contributed by atoms with Crippen molar-refractivity contribution < 1.29 is 17.9 Å². The molecule has 1 atom stereocenters. The number of methoxy groups -OCH3 is 1. The van der Waals surface area contributed by atoms with E-state index in [2.05, 4.69) is 0 Å². The Morgan fingerprint density at radius 3 is 2.58 bits per heavy atom. The molecule has 108 valence electrons. The molecule has 0 saturated carbocycles. The van der Waals surface area contributed by atoms with Crippen LogP contribution in [0, 0.1) is 0 Å². The van der Waals surface area contributed by atoms with Crippen LogP contribution in [-0.4, -0.2) is 38.8 Å². The second-order valence-corrected chi connectivity index (χ2v) is 4.35. The van der Waals surface area contributed by atoms with Gasteiger partial charge in [-0.05, 0) is 24.7 Å². The van der Waals surface area contributed by atoms with E-state index < -0.39 is 11.7 Å². The lowest BCUT2D eigenvalue weighted by molar-refractivity contribution is -0.137. The van der Waals surface area contributed by atoms with E-state index >= 15 is 0 Å². The summed E-state index contributed by atoms with van der Waals surface area (Å²) >= 11 is 0. The maximum atomic E-state index is 12.7. The smallest absolute Gasteiger partial charge is 0.383 e. The summed E-state index contributed by atoms with van der Waals surface area (Å²) in [5, 5.41) is 0. The first-order valence-electron chi connectivity index (χ1n) is 5.96. The van der Waals surface area contributed by atoms with Crippen molar-refractivity contribution >= 4 is 0 Å². The molecular weight excluding hydrogens is 257 g/mol. The number of hydrogen-bond acceptors (Lipinski definition) is 3. The van der Waals surface area contributed by atoms with E-state index in [1.807, 2.05) is 11.9 Å². The summed E-state index contributed by atoms with van der Waals surface area (Å²) in [4.78, 5) is 1.89. The lowest BCUT2D eigenvalue weighted by Gasteiger charge is -2.27. The fraction of sp³-hybridized carbons (Fsp3) is 0.538. The van der Waals surface area contributed by atoms with Crippen molar-refractivity contribution in [2.24, 2.45) is 5.73 Å². The number of nitrogens with zero attached hydrogens (tertiary/aromatic N) is 1. The number of halogens is 3. The van der Waals surface area contributed by atoms with Crippen LogP contribution in [0.5, 0.6) is 0 Å². The third-order valence-corrected chi connectivity index (χ3v) is 3.00. The van der Waals surface area contributed by atoms with Gasteiger partial charge in [-0.3, -0.25) is 4.90 Å². The topological polar surface area (TPSA) is 38.5 Å². The minimum atomic E-state index is -4.33. The summed E-state index contributed by atoms with van der Waals surface area (Å²) in [6.45, 7) is 1.36. The van der Waals surface area contributed by atoms with Gasteiger partial charge in [0.25, 0.3) is 0 Å². The van der Waals surface area contributed by atoms with Crippen molar-refractivity contribution in [3.8, 4) is 0 Å². The molecule has 0 aliphatic carbocycles. The molecule has 0 aliphatic heterocycles. The van der Waals surface area contributed by atoms with Crippen LogP contribution in [0.1, 0.15) is 17.2 Å². The molecule has 1 rings (SSSR count). The lowest BCUT2D eigenvalue weighted by Crippen LogP contribution is -2.33. The van der Waals surface area contributed by atoms with Crippen molar-refractivity contribution in [2.45, 2.75) is 12.2 Å². The third kappa shape index (κ3) is 4.49. The zero-order valence-corrected chi connectivity index (χ0v) is 11.1. The van der Waals surface area contributed by atoms with Crippen LogP contribution in [0.3, 0.4) is 0 Å². The summed E-state index contributed by atoms with van der Waals surface area (Å²) in [6.07, 6.45) is -4.33. The number of benzene rings is 1. The largest absolute Gasteiger partial charge is 0.416 e. The van der Waals surface area contributed by atoms with Crippen molar-refractivity contribution in [2.75, 3.05) is 33.9 Å². The average molecular weight is 276 g/mol. The van der Waals surface area contributed by atoms with Crippen LogP contribution in [0.15, 0.2) is 24.3 Å². The highest BCUT2D eigenvalue weighted by molar-refractivity contribution is 5.28. The molecular formula is C13H19F3N2O. The number of nitrogens with two attached hydrogens (primary N) is 1. The molecule has 0 amide bonds. The Hall–Kier alpha value is -1.11. The molecule has 0 aromatic heterocycles. The molecule has 6 heteroatoms. The van der Waals surface area contributed by atoms with E-state index in [-0.39, 0.29) is 12.6 Å². The van der Waals surface area contributed by atoms with Crippen molar-refractivity contribution in [3.63, 3.8) is 0 Å². The maximum Gasteiger partial charge on any atom is 0.416 e. The molecule has 3 nitrogen and oxygen atoms in total. The van der Waals surface area contributed by atoms with Gasteiger partial charge in [-0.2, -0.15) is 13.2 Å². The second kappa shape index (κ2) is 6.88. The van der Waals surface area contributed by atoms with Gasteiger partial charge < -0.3 is 10.5 Å². The molecule has 0 bridgehead atoms. The van der Waals surface area contributed by atoms with Crippen LogP contribution in [0.2, 0.25) is 0 Å². The predicted molar refractivity (Wildman–Crippen MR) is 67.7 cm³/mol. The highest BCUT2D eigenvalue weighted by Crippen LogP contribution is 2.31. The van der Waals surface area contributed by atoms with E-state index in [1.54, 1.807) is 13.2 Å². The first-order valence-corrected chi connectivity index (χ1v) is 5.96. The average Bonchev–Trinajstić information content (AvgIpc) is 2.36. The molecule has 0 spiro atoms. The highest BCUT2D eigenvalue weighted by atomic mass is 19.4. The monoisotopic (exact) mass is 276 g/mol. The molecule has 0 aliphatic rings. The van der Waals surface area contributed by atoms with Gasteiger partial charge in [-0.15, -0.1) is 0 Å². The number of alkyl halides is 3. The molecule has 19 heavy (non-hydrogen) atoms. The lowest BCUT2D eigenvalue weighted by atomic mass is 10.0. The Labute approximate surface area is 111 Å². The maximum absolute atomic E-state index is 12.7. The number of ether oxygens (including phenoxy) is 1. The van der Waals surface area contributed by atoms with Crippen LogP contribution in [0.4, 0.5) is 13.2 Å². The molecule has 1 aromatic rings. The van der Waals surface area contributed by atoms with Gasteiger partial charge in [-0.25, -0.2) is 0 Å². The molecule has 0 saturated heterocycles. The predicted octanol–water partition coefficient (Wildman–Crippen LogP) is 2.28. The van der Waals surface area contributed by atoms with Crippen LogP contribution in [-0.2, 0) is 10.9 Å². The van der Waals surface area contributed by atoms with Gasteiger partial charge in [0.2, 0.25) is 0 Å². The summed E-state index contributed by atoms with van der Waals surface area (Å²) in [7, 11) is 3.40. The van der Waals surface area contributed by atoms with Gasteiger partial charge in [0.05, 0.1) is 12.2 Å². The van der Waals surface area contributed by atoms with Crippen molar-refractivity contribution in [1.82, 2.24) is 4.90 Å². The molecule has 2 N–H and O–H groups in total. The van der Waals surface area contributed by atoms with Gasteiger partial charge in [-0.1, -0.05) is 12.1 Å². The minimum absolute atomic E-state index is 0.252. The molecule has 0 heterocycles. The second-order valence-electron chi connectivity index (χ2n) is 4.35. The molecule has 0 radical (unpaired) electrons. The standard InChI is InChI=1S/C13H19F3N2O/c1-18(6-7-19-2)12(9-17)10-4-3-5-11(8-10)13(14,15)16/h3-5,8,12H,6-7,9,17H2,1-2H3. The van der Waals surface area contributed by atoms with Gasteiger partial charge in [0, 0.05) is 26.2 Å². The van der Waals surface area contributed by atoms with Gasteiger partial charge in [0.15, 0.2) is 0 Å². The number of rotatable bonds is 6. The van der Waals surface area contributed by atoms with Crippen LogP contribution in [0.25, 0.3) is 0 Å². The molecule has 1 aromatic carbocycles. The Morgan fingerprint density at radius 1 is 1.37 bits per heavy atom. The fourth-order valence-corrected chi connectivity index (χ4v) is 1.88.